The third-order valence-corrected chi connectivity index (χ3v) is 6.44. The molecule has 8 nitrogen and oxygen atoms in total. The van der Waals surface area contributed by atoms with Gasteiger partial charge in [-0.1, -0.05) is 54.6 Å². The standard InChI is InChI=1S/C28H29N5O3/c1-35-22-13-9-20(10-14-22)24-18-25(21-11-15-23(36-2)16-12-21)33-28(29-24)31-27(32-33)30-26(34)17-8-19-6-4-3-5-7-19/h3-7,9-16,24-25H,8,17-18H2,1-2H3,(H2,29,30,31,32,34)/t24-,25+/m1/s1. The first-order valence-electron chi connectivity index (χ1n) is 12.0. The molecule has 36 heavy (non-hydrogen) atoms. The molecule has 1 aliphatic rings. The molecule has 5 rings (SSSR count). The highest BCUT2D eigenvalue weighted by molar-refractivity contribution is 5.89. The molecule has 1 aliphatic heterocycles. The lowest BCUT2D eigenvalue weighted by atomic mass is 9.93. The van der Waals surface area contributed by atoms with Gasteiger partial charge in [0, 0.05) is 6.42 Å². The van der Waals surface area contributed by atoms with Crippen LogP contribution in [0, 0.1) is 0 Å². The van der Waals surface area contributed by atoms with Crippen molar-refractivity contribution in [1.29, 1.82) is 0 Å². The van der Waals surface area contributed by atoms with E-state index < -0.39 is 0 Å². The van der Waals surface area contributed by atoms with Crippen LogP contribution in [-0.2, 0) is 11.2 Å². The molecule has 0 saturated heterocycles. The number of rotatable bonds is 8. The number of nitrogens with one attached hydrogen (secondary N) is 2. The molecule has 0 fully saturated rings. The van der Waals surface area contributed by atoms with Crippen LogP contribution in [0.5, 0.6) is 11.5 Å². The summed E-state index contributed by atoms with van der Waals surface area (Å²) in [5.74, 6) is 2.40. The van der Waals surface area contributed by atoms with Gasteiger partial charge in [0.25, 0.3) is 5.95 Å². The van der Waals surface area contributed by atoms with E-state index in [9.17, 15) is 4.79 Å². The maximum Gasteiger partial charge on any atom is 0.250 e. The number of fused-ring (bicyclic) bond motifs is 1. The summed E-state index contributed by atoms with van der Waals surface area (Å²) in [6.07, 6.45) is 1.78. The lowest BCUT2D eigenvalue weighted by molar-refractivity contribution is -0.116. The number of anilines is 2. The topological polar surface area (TPSA) is 90.3 Å². The number of carbonyl (C=O) groups excluding carboxylic acids is 1. The van der Waals surface area contributed by atoms with Gasteiger partial charge in [-0.3, -0.25) is 10.1 Å². The molecule has 0 radical (unpaired) electrons. The fraction of sp³-hybridized carbons (Fsp3) is 0.250. The number of benzene rings is 3. The van der Waals surface area contributed by atoms with Crippen molar-refractivity contribution in [1.82, 2.24) is 14.8 Å². The fourth-order valence-electron chi connectivity index (χ4n) is 4.48. The van der Waals surface area contributed by atoms with E-state index in [2.05, 4.69) is 32.8 Å². The Morgan fingerprint density at radius 3 is 2.22 bits per heavy atom. The van der Waals surface area contributed by atoms with Gasteiger partial charge in [0.15, 0.2) is 0 Å². The molecule has 2 heterocycles. The van der Waals surface area contributed by atoms with Crippen LogP contribution in [0.4, 0.5) is 11.9 Å². The van der Waals surface area contributed by atoms with Gasteiger partial charge in [-0.25, -0.2) is 4.68 Å². The Hall–Kier alpha value is -4.33. The number of nitrogens with zero attached hydrogens (tertiary/aromatic N) is 3. The second-order valence-corrected chi connectivity index (χ2v) is 8.73. The van der Waals surface area contributed by atoms with Crippen LogP contribution in [0.3, 0.4) is 0 Å². The van der Waals surface area contributed by atoms with E-state index in [1.165, 1.54) is 0 Å². The summed E-state index contributed by atoms with van der Waals surface area (Å²) >= 11 is 0. The van der Waals surface area contributed by atoms with Crippen molar-refractivity contribution < 1.29 is 14.3 Å². The third kappa shape index (κ3) is 5.17. The van der Waals surface area contributed by atoms with Gasteiger partial charge in [-0.15, -0.1) is 5.10 Å². The van der Waals surface area contributed by atoms with E-state index in [4.69, 9.17) is 9.47 Å². The van der Waals surface area contributed by atoms with Crippen molar-refractivity contribution in [2.24, 2.45) is 0 Å². The number of hydrogen-bond donors (Lipinski definition) is 2. The van der Waals surface area contributed by atoms with Crippen LogP contribution < -0.4 is 20.1 Å². The fourth-order valence-corrected chi connectivity index (χ4v) is 4.48. The zero-order valence-electron chi connectivity index (χ0n) is 20.3. The molecular weight excluding hydrogens is 454 g/mol. The summed E-state index contributed by atoms with van der Waals surface area (Å²) in [6, 6.07) is 25.9. The lowest BCUT2D eigenvalue weighted by Crippen LogP contribution is -2.28. The summed E-state index contributed by atoms with van der Waals surface area (Å²) in [5, 5.41) is 11.0. The van der Waals surface area contributed by atoms with E-state index in [1.807, 2.05) is 71.4 Å². The predicted molar refractivity (Wildman–Crippen MR) is 139 cm³/mol. The molecule has 8 heteroatoms. The second kappa shape index (κ2) is 10.5. The highest BCUT2D eigenvalue weighted by Crippen LogP contribution is 2.39. The molecule has 2 N–H and O–H groups in total. The molecule has 0 bridgehead atoms. The van der Waals surface area contributed by atoms with Gasteiger partial charge in [-0.2, -0.15) is 4.98 Å². The van der Waals surface area contributed by atoms with Gasteiger partial charge < -0.3 is 14.8 Å². The van der Waals surface area contributed by atoms with Crippen LogP contribution in [0.2, 0.25) is 0 Å². The average Bonchev–Trinajstić information content (AvgIpc) is 3.34. The van der Waals surface area contributed by atoms with Crippen LogP contribution in [0.15, 0.2) is 78.9 Å². The SMILES string of the molecule is COc1ccc([C@H]2C[C@@H](c3ccc(OC)cc3)n3nc(NC(=O)CCc4ccccc4)nc3N2)cc1. The van der Waals surface area contributed by atoms with Crippen LogP contribution in [-0.4, -0.2) is 34.9 Å². The highest BCUT2D eigenvalue weighted by atomic mass is 16.5. The number of ether oxygens (including phenoxy) is 2. The summed E-state index contributed by atoms with van der Waals surface area (Å²) in [6.45, 7) is 0. The van der Waals surface area contributed by atoms with Crippen molar-refractivity contribution in [2.45, 2.75) is 31.3 Å². The summed E-state index contributed by atoms with van der Waals surface area (Å²) in [4.78, 5) is 17.2. The van der Waals surface area contributed by atoms with Crippen LogP contribution in [0.25, 0.3) is 0 Å². The predicted octanol–water partition coefficient (Wildman–Crippen LogP) is 5.01. The normalized spacial score (nSPS) is 16.5. The van der Waals surface area contributed by atoms with Gasteiger partial charge >= 0.3 is 0 Å². The van der Waals surface area contributed by atoms with Crippen LogP contribution >= 0.6 is 0 Å². The Morgan fingerprint density at radius 1 is 0.944 bits per heavy atom. The quantitative estimate of drug-likeness (QED) is 0.366. The molecule has 1 amide bonds. The van der Waals surface area contributed by atoms with E-state index in [0.29, 0.717) is 24.7 Å². The van der Waals surface area contributed by atoms with E-state index in [-0.39, 0.29) is 18.0 Å². The minimum atomic E-state index is -0.116. The molecular formula is C28H29N5O3. The lowest BCUT2D eigenvalue weighted by Gasteiger charge is -2.31. The average molecular weight is 484 g/mol. The Bertz CT molecular complexity index is 1300. The molecule has 4 aromatic rings. The van der Waals surface area contributed by atoms with Crippen molar-refractivity contribution >= 4 is 17.8 Å². The minimum Gasteiger partial charge on any atom is -0.497 e. The van der Waals surface area contributed by atoms with Crippen molar-refractivity contribution in [3.05, 3.63) is 95.6 Å². The van der Waals surface area contributed by atoms with Crippen molar-refractivity contribution in [2.75, 3.05) is 24.9 Å². The summed E-state index contributed by atoms with van der Waals surface area (Å²) in [7, 11) is 3.31. The smallest absolute Gasteiger partial charge is 0.250 e. The molecule has 0 spiro atoms. The Kier molecular flexibility index (Phi) is 6.84. The Labute approximate surface area is 210 Å². The van der Waals surface area contributed by atoms with Gasteiger partial charge in [0.1, 0.15) is 11.5 Å². The number of aromatic nitrogens is 3. The largest absolute Gasteiger partial charge is 0.497 e. The third-order valence-electron chi connectivity index (χ3n) is 6.44. The van der Waals surface area contributed by atoms with Crippen molar-refractivity contribution in [3.63, 3.8) is 0 Å². The van der Waals surface area contributed by atoms with E-state index in [0.717, 1.165) is 34.6 Å². The number of hydrogen-bond acceptors (Lipinski definition) is 6. The zero-order valence-corrected chi connectivity index (χ0v) is 20.3. The Morgan fingerprint density at radius 2 is 1.58 bits per heavy atom. The number of carbonyl (C=O) groups is 1. The highest BCUT2D eigenvalue weighted by Gasteiger charge is 2.31. The number of amides is 1. The summed E-state index contributed by atoms with van der Waals surface area (Å²) in [5.41, 5.74) is 3.33. The van der Waals surface area contributed by atoms with Crippen molar-refractivity contribution in [3.8, 4) is 11.5 Å². The molecule has 0 saturated carbocycles. The van der Waals surface area contributed by atoms with Crippen LogP contribution in [0.1, 0.15) is 41.6 Å². The number of aryl methyl sites for hydroxylation is 1. The van der Waals surface area contributed by atoms with Gasteiger partial charge in [-0.05, 0) is 53.8 Å². The first kappa shape index (κ1) is 23.4. The van der Waals surface area contributed by atoms with Gasteiger partial charge in [0.2, 0.25) is 11.9 Å². The first-order chi connectivity index (χ1) is 17.6. The molecule has 3 aromatic carbocycles. The summed E-state index contributed by atoms with van der Waals surface area (Å²) < 4.78 is 12.5. The maximum absolute atomic E-state index is 12.6. The molecule has 184 valence electrons. The zero-order chi connectivity index (χ0) is 24.9. The molecule has 0 unspecified atom stereocenters. The second-order valence-electron chi connectivity index (χ2n) is 8.73. The molecule has 2 atom stereocenters. The number of methoxy groups -OCH3 is 2. The molecule has 0 aliphatic carbocycles. The minimum absolute atomic E-state index is 0.0151. The molecule has 1 aromatic heterocycles. The monoisotopic (exact) mass is 483 g/mol. The maximum atomic E-state index is 12.6. The van der Waals surface area contributed by atoms with E-state index in [1.54, 1.807) is 14.2 Å². The Balaban J connectivity index is 1.38. The first-order valence-corrected chi connectivity index (χ1v) is 12.0. The van der Waals surface area contributed by atoms with E-state index >= 15 is 0 Å². The van der Waals surface area contributed by atoms with Gasteiger partial charge in [0.05, 0.1) is 26.3 Å².